The number of hydrogen-bond donors (Lipinski definition) is 0. The van der Waals surface area contributed by atoms with Crippen LogP contribution in [0.1, 0.15) is 12.8 Å². The Hall–Kier alpha value is -1.80. The van der Waals surface area contributed by atoms with E-state index in [0.29, 0.717) is 6.10 Å². The van der Waals surface area contributed by atoms with E-state index in [0.717, 1.165) is 37.4 Å². The molecule has 0 spiro atoms. The summed E-state index contributed by atoms with van der Waals surface area (Å²) in [7, 11) is 0. The quantitative estimate of drug-likeness (QED) is 0.576. The maximum atomic E-state index is 5.91. The van der Waals surface area contributed by atoms with Crippen molar-refractivity contribution >= 4 is 0 Å². The monoisotopic (exact) mass is 254 g/mol. The van der Waals surface area contributed by atoms with Crippen LogP contribution in [0.15, 0.2) is 54.6 Å². The molecule has 1 saturated heterocycles. The van der Waals surface area contributed by atoms with Crippen LogP contribution in [0.25, 0.3) is 11.1 Å². The Morgan fingerprint density at radius 1 is 1.00 bits per heavy atom. The fraction of sp³-hybridized carbons (Fsp3) is 0.294. The molecule has 0 saturated carbocycles. The van der Waals surface area contributed by atoms with Crippen LogP contribution in [0.4, 0.5) is 0 Å². The molecule has 98 valence electrons. The first-order valence-corrected chi connectivity index (χ1v) is 6.82. The number of benzene rings is 2. The number of para-hydroxylation sites is 1. The molecule has 0 aromatic heterocycles. The van der Waals surface area contributed by atoms with E-state index < -0.39 is 0 Å². The first-order chi connectivity index (χ1) is 9.43. The third-order valence-electron chi connectivity index (χ3n) is 3.30. The summed E-state index contributed by atoms with van der Waals surface area (Å²) in [5.74, 6) is 0.963. The third kappa shape index (κ3) is 3.36. The van der Waals surface area contributed by atoms with Gasteiger partial charge >= 0.3 is 0 Å². The molecule has 1 fully saturated rings. The highest BCUT2D eigenvalue weighted by Gasteiger charge is 2.21. The number of ether oxygens (including phenoxy) is 2. The van der Waals surface area contributed by atoms with E-state index in [9.17, 15) is 0 Å². The van der Waals surface area contributed by atoms with Crippen molar-refractivity contribution in [1.82, 2.24) is 0 Å². The Balaban J connectivity index is 1.66. The van der Waals surface area contributed by atoms with Crippen molar-refractivity contribution in [3.05, 3.63) is 54.6 Å². The van der Waals surface area contributed by atoms with Gasteiger partial charge in [-0.2, -0.15) is 0 Å². The normalized spacial score (nSPS) is 17.2. The molecule has 1 atom stereocenters. The van der Waals surface area contributed by atoms with Crippen LogP contribution in [0.5, 0.6) is 5.75 Å². The number of hydrogen-bond acceptors (Lipinski definition) is 2. The van der Waals surface area contributed by atoms with E-state index in [-0.39, 0.29) is 0 Å². The maximum Gasteiger partial charge on any atom is 0.127 e. The molecule has 0 radical (unpaired) electrons. The molecule has 2 aromatic rings. The highest BCUT2D eigenvalue weighted by atomic mass is 16.6. The zero-order valence-electron chi connectivity index (χ0n) is 10.9. The van der Waals surface area contributed by atoms with E-state index in [1.165, 1.54) is 5.56 Å². The Morgan fingerprint density at radius 2 is 1.74 bits per heavy atom. The lowest BCUT2D eigenvalue weighted by atomic mass is 10.1. The second kappa shape index (κ2) is 5.89. The summed E-state index contributed by atoms with van der Waals surface area (Å²) in [5.41, 5.74) is 2.36. The molecule has 0 N–H and O–H groups in total. The summed E-state index contributed by atoms with van der Waals surface area (Å²) in [4.78, 5) is 0. The van der Waals surface area contributed by atoms with Gasteiger partial charge in [0.25, 0.3) is 0 Å². The van der Waals surface area contributed by atoms with E-state index in [1.807, 2.05) is 24.3 Å². The van der Waals surface area contributed by atoms with Crippen LogP contribution >= 0.6 is 0 Å². The molecule has 1 aliphatic rings. The van der Waals surface area contributed by atoms with Gasteiger partial charge < -0.3 is 9.47 Å². The lowest BCUT2D eigenvalue weighted by Gasteiger charge is -2.11. The smallest absolute Gasteiger partial charge is 0.127 e. The van der Waals surface area contributed by atoms with Gasteiger partial charge in [0.2, 0.25) is 0 Å². The third-order valence-corrected chi connectivity index (χ3v) is 3.30. The molecule has 1 heterocycles. The SMILES string of the molecule is c1ccc(-c2ccccc2OCCCC2CO2)cc1. The van der Waals surface area contributed by atoms with Gasteiger partial charge in [0.05, 0.1) is 19.3 Å². The average molecular weight is 254 g/mol. The van der Waals surface area contributed by atoms with Crippen LogP contribution in [0.2, 0.25) is 0 Å². The highest BCUT2D eigenvalue weighted by Crippen LogP contribution is 2.29. The average Bonchev–Trinajstić information content (AvgIpc) is 3.29. The first kappa shape index (κ1) is 12.2. The van der Waals surface area contributed by atoms with Gasteiger partial charge in [0, 0.05) is 5.56 Å². The van der Waals surface area contributed by atoms with Gasteiger partial charge in [-0.25, -0.2) is 0 Å². The molecule has 0 aliphatic carbocycles. The molecule has 2 aromatic carbocycles. The number of rotatable bonds is 6. The van der Waals surface area contributed by atoms with Crippen LogP contribution in [-0.4, -0.2) is 19.3 Å². The van der Waals surface area contributed by atoms with Crippen molar-refractivity contribution in [2.45, 2.75) is 18.9 Å². The Kier molecular flexibility index (Phi) is 3.80. The van der Waals surface area contributed by atoms with E-state index in [1.54, 1.807) is 0 Å². The molecular formula is C17H18O2. The van der Waals surface area contributed by atoms with Crippen molar-refractivity contribution in [2.75, 3.05) is 13.2 Å². The van der Waals surface area contributed by atoms with E-state index >= 15 is 0 Å². The zero-order chi connectivity index (χ0) is 12.9. The van der Waals surface area contributed by atoms with Crippen LogP contribution in [0, 0.1) is 0 Å². The zero-order valence-corrected chi connectivity index (χ0v) is 10.9. The minimum absolute atomic E-state index is 0.493. The van der Waals surface area contributed by atoms with Gasteiger partial charge in [-0.15, -0.1) is 0 Å². The van der Waals surface area contributed by atoms with E-state index in [2.05, 4.69) is 30.3 Å². The highest BCUT2D eigenvalue weighted by molar-refractivity contribution is 5.70. The van der Waals surface area contributed by atoms with Gasteiger partial charge in [0.1, 0.15) is 5.75 Å². The number of epoxide rings is 1. The second-order valence-electron chi connectivity index (χ2n) is 4.81. The van der Waals surface area contributed by atoms with Crippen LogP contribution in [0.3, 0.4) is 0 Å². The van der Waals surface area contributed by atoms with Crippen LogP contribution < -0.4 is 4.74 Å². The molecule has 1 unspecified atom stereocenters. The van der Waals surface area contributed by atoms with Crippen molar-refractivity contribution < 1.29 is 9.47 Å². The maximum absolute atomic E-state index is 5.91. The molecule has 2 heteroatoms. The topological polar surface area (TPSA) is 21.8 Å². The predicted octanol–water partition coefficient (Wildman–Crippen LogP) is 3.91. The Bertz CT molecular complexity index is 518. The summed E-state index contributed by atoms with van der Waals surface area (Å²) >= 11 is 0. The van der Waals surface area contributed by atoms with Crippen molar-refractivity contribution in [2.24, 2.45) is 0 Å². The predicted molar refractivity (Wildman–Crippen MR) is 76.3 cm³/mol. The van der Waals surface area contributed by atoms with Crippen molar-refractivity contribution in [3.63, 3.8) is 0 Å². The molecule has 3 rings (SSSR count). The summed E-state index contributed by atoms with van der Waals surface area (Å²) < 4.78 is 11.1. The van der Waals surface area contributed by atoms with E-state index in [4.69, 9.17) is 9.47 Å². The fourth-order valence-electron chi connectivity index (χ4n) is 2.18. The van der Waals surface area contributed by atoms with Crippen molar-refractivity contribution in [3.8, 4) is 16.9 Å². The largest absolute Gasteiger partial charge is 0.493 e. The molecule has 0 bridgehead atoms. The molecule has 19 heavy (non-hydrogen) atoms. The van der Waals surface area contributed by atoms with Gasteiger partial charge in [-0.1, -0.05) is 48.5 Å². The fourth-order valence-corrected chi connectivity index (χ4v) is 2.18. The molecule has 0 amide bonds. The summed E-state index contributed by atoms with van der Waals surface area (Å²) in [6.07, 6.45) is 2.65. The lowest BCUT2D eigenvalue weighted by Crippen LogP contribution is -2.00. The minimum atomic E-state index is 0.493. The minimum Gasteiger partial charge on any atom is -0.493 e. The van der Waals surface area contributed by atoms with Gasteiger partial charge in [-0.05, 0) is 24.5 Å². The Labute approximate surface area is 114 Å². The lowest BCUT2D eigenvalue weighted by molar-refractivity contribution is 0.295. The molecule has 2 nitrogen and oxygen atoms in total. The van der Waals surface area contributed by atoms with Crippen molar-refractivity contribution in [1.29, 1.82) is 0 Å². The summed E-state index contributed by atoms with van der Waals surface area (Å²) in [5, 5.41) is 0. The van der Waals surface area contributed by atoms with Crippen LogP contribution in [-0.2, 0) is 4.74 Å². The van der Waals surface area contributed by atoms with Gasteiger partial charge in [-0.3, -0.25) is 0 Å². The molecule has 1 aliphatic heterocycles. The standard InChI is InChI=1S/C17H18O2/c1-2-7-14(8-3-1)16-10-4-5-11-17(16)18-12-6-9-15-13-19-15/h1-5,7-8,10-11,15H,6,9,12-13H2. The molecular weight excluding hydrogens is 236 g/mol. The Morgan fingerprint density at radius 3 is 2.53 bits per heavy atom. The second-order valence-corrected chi connectivity index (χ2v) is 4.81. The first-order valence-electron chi connectivity index (χ1n) is 6.82. The summed E-state index contributed by atoms with van der Waals surface area (Å²) in [6.45, 7) is 1.68. The van der Waals surface area contributed by atoms with Gasteiger partial charge in [0.15, 0.2) is 0 Å². The summed E-state index contributed by atoms with van der Waals surface area (Å²) in [6, 6.07) is 18.6.